The molecule has 84 valence electrons. The smallest absolute Gasteiger partial charge is 0.172 e. The molecular weight excluding hydrogens is 258 g/mol. The van der Waals surface area contributed by atoms with Gasteiger partial charge in [0, 0.05) is 0 Å². The van der Waals surface area contributed by atoms with Gasteiger partial charge in [-0.05, 0) is 60.1 Å². The summed E-state index contributed by atoms with van der Waals surface area (Å²) in [5.74, 6) is 0.682. The first-order chi connectivity index (χ1) is 7.11. The number of benzene rings is 1. The van der Waals surface area contributed by atoms with Crippen LogP contribution in [0.25, 0.3) is 0 Å². The number of likely N-dealkylation sites (N-methyl/N-ethyl adjacent to an activating group) is 1. The zero-order valence-electron chi connectivity index (χ0n) is 9.22. The van der Waals surface area contributed by atoms with Gasteiger partial charge in [0.15, 0.2) is 11.5 Å². The maximum Gasteiger partial charge on any atom is 0.172 e. The molecule has 0 unspecified atom stereocenters. The molecule has 0 saturated carbocycles. The average molecular weight is 274 g/mol. The van der Waals surface area contributed by atoms with Gasteiger partial charge in [-0.15, -0.1) is 0 Å². The van der Waals surface area contributed by atoms with Crippen molar-refractivity contribution in [3.63, 3.8) is 0 Å². The Labute approximate surface area is 98.6 Å². The molecule has 0 atom stereocenters. The predicted octanol–water partition coefficient (Wildman–Crippen LogP) is 2.23. The first-order valence-corrected chi connectivity index (χ1v) is 5.60. The lowest BCUT2D eigenvalue weighted by Gasteiger charge is -2.13. The van der Waals surface area contributed by atoms with Gasteiger partial charge in [-0.25, -0.2) is 0 Å². The number of hydrogen-bond donors (Lipinski definition) is 2. The monoisotopic (exact) mass is 273 g/mol. The van der Waals surface area contributed by atoms with Crippen LogP contribution in [0.1, 0.15) is 11.1 Å². The quantitative estimate of drug-likeness (QED) is 0.884. The molecular formula is C11H16BrNO2. The maximum atomic E-state index is 9.81. The highest BCUT2D eigenvalue weighted by Crippen LogP contribution is 2.38. The van der Waals surface area contributed by atoms with E-state index in [0.29, 0.717) is 5.75 Å². The summed E-state index contributed by atoms with van der Waals surface area (Å²) in [6.07, 6.45) is 0.875. The zero-order chi connectivity index (χ0) is 11.4. The minimum absolute atomic E-state index is 0.175. The number of aromatic hydroxyl groups is 1. The largest absolute Gasteiger partial charge is 0.503 e. The van der Waals surface area contributed by atoms with E-state index in [1.807, 2.05) is 20.0 Å². The Kier molecular flexibility index (Phi) is 4.42. The molecule has 0 amide bonds. The second-order valence-corrected chi connectivity index (χ2v) is 4.18. The normalized spacial score (nSPS) is 10.4. The van der Waals surface area contributed by atoms with Gasteiger partial charge in [0.25, 0.3) is 0 Å². The van der Waals surface area contributed by atoms with Gasteiger partial charge in [0.1, 0.15) is 0 Å². The van der Waals surface area contributed by atoms with Crippen LogP contribution in [0, 0.1) is 6.92 Å². The maximum absolute atomic E-state index is 9.81. The van der Waals surface area contributed by atoms with Crippen LogP contribution in [-0.2, 0) is 6.42 Å². The van der Waals surface area contributed by atoms with E-state index in [-0.39, 0.29) is 5.75 Å². The highest BCUT2D eigenvalue weighted by atomic mass is 79.9. The topological polar surface area (TPSA) is 41.5 Å². The summed E-state index contributed by atoms with van der Waals surface area (Å²) in [5, 5.41) is 12.9. The first kappa shape index (κ1) is 12.3. The van der Waals surface area contributed by atoms with Crippen molar-refractivity contribution in [2.45, 2.75) is 13.3 Å². The first-order valence-electron chi connectivity index (χ1n) is 4.81. The average Bonchev–Trinajstić information content (AvgIpc) is 2.23. The van der Waals surface area contributed by atoms with Gasteiger partial charge < -0.3 is 15.2 Å². The van der Waals surface area contributed by atoms with Crippen LogP contribution in [-0.4, -0.2) is 25.8 Å². The molecule has 0 aliphatic carbocycles. The highest BCUT2D eigenvalue weighted by molar-refractivity contribution is 9.10. The third-order valence-electron chi connectivity index (χ3n) is 2.37. The Hall–Kier alpha value is -0.740. The number of ether oxygens (including phenoxy) is 1. The van der Waals surface area contributed by atoms with E-state index in [4.69, 9.17) is 4.74 Å². The number of phenolic OH excluding ortho intramolecular Hbond substituents is 1. The summed E-state index contributed by atoms with van der Waals surface area (Å²) in [6, 6.07) is 1.85. The Morgan fingerprint density at radius 1 is 1.53 bits per heavy atom. The number of rotatable bonds is 4. The van der Waals surface area contributed by atoms with Crippen LogP contribution in [0.3, 0.4) is 0 Å². The lowest BCUT2D eigenvalue weighted by molar-refractivity contribution is 0.371. The summed E-state index contributed by atoms with van der Waals surface area (Å²) in [7, 11) is 3.46. The van der Waals surface area contributed by atoms with E-state index in [1.54, 1.807) is 7.11 Å². The SMILES string of the molecule is CNCCc1c(C)cc(OC)c(O)c1Br. The van der Waals surface area contributed by atoms with Crippen LogP contribution in [0.2, 0.25) is 0 Å². The molecule has 0 fully saturated rings. The summed E-state index contributed by atoms with van der Waals surface area (Å²) in [5.41, 5.74) is 2.23. The van der Waals surface area contributed by atoms with E-state index in [2.05, 4.69) is 21.2 Å². The fourth-order valence-electron chi connectivity index (χ4n) is 1.49. The molecule has 1 rings (SSSR count). The lowest BCUT2D eigenvalue weighted by Crippen LogP contribution is -2.11. The van der Waals surface area contributed by atoms with Crippen molar-refractivity contribution in [1.29, 1.82) is 0 Å². The Balaban J connectivity index is 3.11. The molecule has 1 aromatic rings. The third kappa shape index (κ3) is 2.63. The number of aryl methyl sites for hydroxylation is 1. The summed E-state index contributed by atoms with van der Waals surface area (Å²) < 4.78 is 5.80. The van der Waals surface area contributed by atoms with Crippen LogP contribution in [0.4, 0.5) is 0 Å². The minimum atomic E-state index is 0.175. The van der Waals surface area contributed by atoms with Crippen molar-refractivity contribution in [2.75, 3.05) is 20.7 Å². The molecule has 4 heteroatoms. The highest BCUT2D eigenvalue weighted by Gasteiger charge is 2.13. The Morgan fingerprint density at radius 2 is 2.20 bits per heavy atom. The molecule has 0 aliphatic rings. The van der Waals surface area contributed by atoms with E-state index in [9.17, 15) is 5.11 Å². The van der Waals surface area contributed by atoms with Crippen LogP contribution < -0.4 is 10.1 Å². The number of nitrogens with one attached hydrogen (secondary N) is 1. The van der Waals surface area contributed by atoms with Gasteiger partial charge in [-0.2, -0.15) is 0 Å². The van der Waals surface area contributed by atoms with Crippen LogP contribution in [0.15, 0.2) is 10.5 Å². The van der Waals surface area contributed by atoms with Crippen molar-refractivity contribution >= 4 is 15.9 Å². The van der Waals surface area contributed by atoms with Gasteiger partial charge >= 0.3 is 0 Å². The fourth-order valence-corrected chi connectivity index (χ4v) is 2.20. The van der Waals surface area contributed by atoms with Crippen molar-refractivity contribution < 1.29 is 9.84 Å². The summed E-state index contributed by atoms with van der Waals surface area (Å²) in [4.78, 5) is 0. The molecule has 0 saturated heterocycles. The van der Waals surface area contributed by atoms with E-state index in [0.717, 1.165) is 28.6 Å². The van der Waals surface area contributed by atoms with Crippen molar-refractivity contribution in [3.8, 4) is 11.5 Å². The third-order valence-corrected chi connectivity index (χ3v) is 3.23. The molecule has 15 heavy (non-hydrogen) atoms. The molecule has 1 aromatic carbocycles. The number of hydrogen-bond acceptors (Lipinski definition) is 3. The summed E-state index contributed by atoms with van der Waals surface area (Å²) >= 11 is 3.40. The van der Waals surface area contributed by atoms with Gasteiger partial charge in [0.05, 0.1) is 11.6 Å². The zero-order valence-corrected chi connectivity index (χ0v) is 10.8. The Bertz CT molecular complexity index is 353. The van der Waals surface area contributed by atoms with E-state index < -0.39 is 0 Å². The van der Waals surface area contributed by atoms with Gasteiger partial charge in [-0.1, -0.05) is 0 Å². The summed E-state index contributed by atoms with van der Waals surface area (Å²) in [6.45, 7) is 2.89. The molecule has 0 bridgehead atoms. The van der Waals surface area contributed by atoms with E-state index >= 15 is 0 Å². The molecule has 0 aromatic heterocycles. The predicted molar refractivity (Wildman–Crippen MR) is 64.7 cm³/mol. The fraction of sp³-hybridized carbons (Fsp3) is 0.455. The van der Waals surface area contributed by atoms with Crippen LogP contribution >= 0.6 is 15.9 Å². The van der Waals surface area contributed by atoms with Gasteiger partial charge in [0.2, 0.25) is 0 Å². The molecule has 0 radical (unpaired) electrons. The lowest BCUT2D eigenvalue weighted by atomic mass is 10.0. The molecule has 0 aliphatic heterocycles. The van der Waals surface area contributed by atoms with Crippen molar-refractivity contribution in [2.24, 2.45) is 0 Å². The number of methoxy groups -OCH3 is 1. The number of phenols is 1. The van der Waals surface area contributed by atoms with Crippen LogP contribution in [0.5, 0.6) is 11.5 Å². The van der Waals surface area contributed by atoms with Crippen molar-refractivity contribution in [1.82, 2.24) is 5.32 Å². The standard InChI is InChI=1S/C11H16BrNO2/c1-7-6-9(15-3)11(14)10(12)8(7)4-5-13-2/h6,13-14H,4-5H2,1-3H3. The minimum Gasteiger partial charge on any atom is -0.503 e. The van der Waals surface area contributed by atoms with E-state index in [1.165, 1.54) is 0 Å². The number of halogens is 1. The molecule has 0 spiro atoms. The molecule has 2 N–H and O–H groups in total. The second-order valence-electron chi connectivity index (χ2n) is 3.39. The van der Waals surface area contributed by atoms with Gasteiger partial charge in [-0.3, -0.25) is 0 Å². The molecule has 0 heterocycles. The molecule has 3 nitrogen and oxygen atoms in total. The van der Waals surface area contributed by atoms with Crippen molar-refractivity contribution in [3.05, 3.63) is 21.7 Å². The Morgan fingerprint density at radius 3 is 2.73 bits per heavy atom. The second kappa shape index (κ2) is 5.37.